The minimum atomic E-state index is -4.45. The minimum Gasteiger partial charge on any atom is -0.472 e. The number of hydrogen-bond acceptors (Lipinski definition) is 4. The monoisotopic (exact) mass is 456 g/mol. The molecule has 1 saturated carbocycles. The molecule has 1 amide bonds. The van der Waals surface area contributed by atoms with Crippen LogP contribution in [0.3, 0.4) is 0 Å². The number of amides is 1. The largest absolute Gasteiger partial charge is 0.472 e. The summed E-state index contributed by atoms with van der Waals surface area (Å²) < 4.78 is 44.5. The van der Waals surface area contributed by atoms with Gasteiger partial charge in [0.1, 0.15) is 6.10 Å². The molecule has 5 heterocycles. The molecule has 9 heteroatoms. The number of carbonyl (C=O) groups excluding carboxylic acids is 1. The lowest BCUT2D eigenvalue weighted by Gasteiger charge is -2.49. The fourth-order valence-corrected chi connectivity index (χ4v) is 4.83. The lowest BCUT2D eigenvalue weighted by molar-refractivity contribution is -0.137. The van der Waals surface area contributed by atoms with Gasteiger partial charge in [0.05, 0.1) is 28.6 Å². The molecule has 3 aromatic heterocycles. The van der Waals surface area contributed by atoms with E-state index >= 15 is 0 Å². The van der Waals surface area contributed by atoms with Gasteiger partial charge in [-0.3, -0.25) is 9.78 Å². The van der Waals surface area contributed by atoms with Gasteiger partial charge in [-0.25, -0.2) is 4.98 Å². The Kier molecular flexibility index (Phi) is 5.34. The molecule has 3 aliphatic rings. The average Bonchev–Trinajstić information content (AvgIpc) is 3.33. The van der Waals surface area contributed by atoms with Gasteiger partial charge in [-0.2, -0.15) is 13.2 Å². The molecule has 0 radical (unpaired) electrons. The molecule has 33 heavy (non-hydrogen) atoms. The van der Waals surface area contributed by atoms with Gasteiger partial charge in [-0.05, 0) is 62.4 Å². The Hall–Kier alpha value is -3.36. The highest BCUT2D eigenvalue weighted by Crippen LogP contribution is 2.39. The third kappa shape index (κ3) is 4.19. The van der Waals surface area contributed by atoms with E-state index in [4.69, 9.17) is 4.74 Å². The zero-order valence-corrected chi connectivity index (χ0v) is 18.0. The third-order valence-electron chi connectivity index (χ3n) is 6.44. The van der Waals surface area contributed by atoms with Gasteiger partial charge in [0.15, 0.2) is 0 Å². The van der Waals surface area contributed by atoms with Crippen molar-refractivity contribution in [3.05, 3.63) is 65.6 Å². The highest BCUT2D eigenvalue weighted by Gasteiger charge is 2.45. The van der Waals surface area contributed by atoms with Crippen LogP contribution in [0.4, 0.5) is 13.2 Å². The summed E-state index contributed by atoms with van der Waals surface area (Å²) in [5, 5.41) is 0. The molecule has 2 saturated heterocycles. The van der Waals surface area contributed by atoms with Crippen LogP contribution in [0, 0.1) is 12.8 Å². The zero-order valence-electron chi connectivity index (χ0n) is 18.0. The topological polar surface area (TPSA) is 71.1 Å². The van der Waals surface area contributed by atoms with Gasteiger partial charge < -0.3 is 14.6 Å². The van der Waals surface area contributed by atoms with Crippen molar-refractivity contribution >= 4 is 5.91 Å². The second kappa shape index (κ2) is 8.20. The molecule has 1 N–H and O–H groups in total. The Balaban J connectivity index is 1.39. The van der Waals surface area contributed by atoms with Crippen LogP contribution in [0.15, 0.2) is 48.8 Å². The number of nitrogens with one attached hydrogen (secondary N) is 1. The Morgan fingerprint density at radius 2 is 2.03 bits per heavy atom. The molecule has 6 nitrogen and oxygen atoms in total. The molecular formula is C24H23F3N4O2. The van der Waals surface area contributed by atoms with Crippen LogP contribution in [-0.4, -0.2) is 44.4 Å². The number of aromatic amines is 1. The van der Waals surface area contributed by atoms with Crippen molar-refractivity contribution in [1.29, 1.82) is 0 Å². The first-order valence-corrected chi connectivity index (χ1v) is 10.9. The van der Waals surface area contributed by atoms with E-state index in [1.54, 1.807) is 12.3 Å². The van der Waals surface area contributed by atoms with Gasteiger partial charge >= 0.3 is 6.18 Å². The molecule has 3 aromatic rings. The number of aromatic nitrogens is 3. The van der Waals surface area contributed by atoms with Crippen LogP contribution in [0.1, 0.15) is 40.9 Å². The normalized spacial score (nSPS) is 22.4. The number of piperidine rings is 2. The molecule has 3 atom stereocenters. The highest BCUT2D eigenvalue weighted by atomic mass is 19.4. The van der Waals surface area contributed by atoms with Gasteiger partial charge in [-0.15, -0.1) is 0 Å². The maximum atomic E-state index is 13.6. The van der Waals surface area contributed by atoms with Crippen molar-refractivity contribution in [2.24, 2.45) is 5.92 Å². The van der Waals surface area contributed by atoms with Crippen molar-refractivity contribution in [1.82, 2.24) is 19.9 Å². The summed E-state index contributed by atoms with van der Waals surface area (Å²) in [6, 6.07) is 9.39. The van der Waals surface area contributed by atoms with Crippen LogP contribution in [0.5, 0.6) is 5.88 Å². The molecule has 2 bridgehead atoms. The molecule has 3 fully saturated rings. The van der Waals surface area contributed by atoms with Crippen LogP contribution < -0.4 is 4.74 Å². The number of H-pyrrole nitrogens is 1. The van der Waals surface area contributed by atoms with Crippen LogP contribution >= 0.6 is 0 Å². The quantitative estimate of drug-likeness (QED) is 0.608. The molecule has 0 spiro atoms. The number of nitrogens with zero attached hydrogens (tertiary/aromatic N) is 3. The number of fused-ring (bicyclic) bond motifs is 3. The lowest BCUT2D eigenvalue weighted by atomic mass is 9.77. The van der Waals surface area contributed by atoms with Crippen LogP contribution in [-0.2, 0) is 6.18 Å². The van der Waals surface area contributed by atoms with Crippen LogP contribution in [0.2, 0.25) is 0 Å². The highest BCUT2D eigenvalue weighted by molar-refractivity contribution is 6.00. The minimum absolute atomic E-state index is 0.115. The van der Waals surface area contributed by atoms with E-state index in [-0.39, 0.29) is 29.9 Å². The van der Waals surface area contributed by atoms with Gasteiger partial charge in [0, 0.05) is 30.7 Å². The number of aryl methyl sites for hydroxylation is 1. The summed E-state index contributed by atoms with van der Waals surface area (Å²) in [5.74, 6) is 0.290. The number of carbonyl (C=O) groups is 1. The Morgan fingerprint density at radius 3 is 2.70 bits per heavy atom. The number of halogens is 3. The molecular weight excluding hydrogens is 433 g/mol. The Labute approximate surface area is 188 Å². The summed E-state index contributed by atoms with van der Waals surface area (Å²) >= 11 is 0. The van der Waals surface area contributed by atoms with E-state index < -0.39 is 11.7 Å². The predicted molar refractivity (Wildman–Crippen MR) is 115 cm³/mol. The maximum absolute atomic E-state index is 13.6. The Morgan fingerprint density at radius 1 is 1.18 bits per heavy atom. The van der Waals surface area contributed by atoms with Crippen molar-refractivity contribution in [3.8, 4) is 17.3 Å². The van der Waals surface area contributed by atoms with Crippen molar-refractivity contribution < 1.29 is 22.7 Å². The second-order valence-corrected chi connectivity index (χ2v) is 8.68. The first-order valence-electron chi connectivity index (χ1n) is 10.9. The molecule has 0 aromatic carbocycles. The predicted octanol–water partition coefficient (Wildman–Crippen LogP) is 4.87. The molecule has 2 aliphatic heterocycles. The number of pyridine rings is 2. The molecule has 172 valence electrons. The SMILES string of the molecule is Cc1ccc(C(=O)N2C[C@H]3CC[C@H]2[C@H](Oc2ccc(C(F)(F)F)cn2)C3)c(-c2ccc[nH]2)n1. The lowest BCUT2D eigenvalue weighted by Crippen LogP contribution is -2.59. The van der Waals surface area contributed by atoms with E-state index in [9.17, 15) is 18.0 Å². The fourth-order valence-electron chi connectivity index (χ4n) is 4.83. The second-order valence-electron chi connectivity index (χ2n) is 8.68. The first-order chi connectivity index (χ1) is 15.8. The number of ether oxygens (including phenoxy) is 1. The van der Waals surface area contributed by atoms with E-state index in [0.717, 1.165) is 42.9 Å². The maximum Gasteiger partial charge on any atom is 0.417 e. The molecule has 0 unspecified atom stereocenters. The fraction of sp³-hybridized carbons (Fsp3) is 0.375. The summed E-state index contributed by atoms with van der Waals surface area (Å²) in [5.41, 5.74) is 1.88. The van der Waals surface area contributed by atoms with Gasteiger partial charge in [0.2, 0.25) is 5.88 Å². The van der Waals surface area contributed by atoms with E-state index in [1.165, 1.54) is 6.07 Å². The first kappa shape index (κ1) is 21.5. The standard InChI is InChI=1S/C24H23F3N4O2/c1-14-4-7-17(22(30-14)18-3-2-10-28-18)23(32)31-13-15-5-8-19(31)20(11-15)33-21-9-6-16(12-29-21)24(25,26)27/h2-4,6-7,9-10,12,15,19-20,28H,5,8,11,13H2,1H3/t15-,19-,20+/m0/s1. The molecule has 6 rings (SSSR count). The summed E-state index contributed by atoms with van der Waals surface area (Å²) in [7, 11) is 0. The van der Waals surface area contributed by atoms with Crippen molar-refractivity contribution in [2.75, 3.05) is 6.54 Å². The van der Waals surface area contributed by atoms with Crippen molar-refractivity contribution in [2.45, 2.75) is 44.5 Å². The summed E-state index contributed by atoms with van der Waals surface area (Å²) in [6.45, 7) is 2.51. The Bertz CT molecular complexity index is 1150. The third-order valence-corrected chi connectivity index (χ3v) is 6.44. The summed E-state index contributed by atoms with van der Waals surface area (Å²) in [6.07, 6.45) is 0.309. The van der Waals surface area contributed by atoms with Gasteiger partial charge in [-0.1, -0.05) is 0 Å². The number of alkyl halides is 3. The van der Waals surface area contributed by atoms with Gasteiger partial charge in [0.25, 0.3) is 5.91 Å². The van der Waals surface area contributed by atoms with Crippen LogP contribution in [0.25, 0.3) is 11.4 Å². The van der Waals surface area contributed by atoms with Crippen molar-refractivity contribution in [3.63, 3.8) is 0 Å². The summed E-state index contributed by atoms with van der Waals surface area (Å²) in [4.78, 5) is 27.1. The number of rotatable bonds is 4. The van der Waals surface area contributed by atoms with E-state index in [1.807, 2.05) is 30.0 Å². The number of hydrogen-bond donors (Lipinski definition) is 1. The zero-order chi connectivity index (χ0) is 23.2. The smallest absolute Gasteiger partial charge is 0.417 e. The van der Waals surface area contributed by atoms with E-state index in [0.29, 0.717) is 17.8 Å². The molecule has 1 aliphatic carbocycles. The average molecular weight is 456 g/mol. The van der Waals surface area contributed by atoms with E-state index in [2.05, 4.69) is 15.0 Å².